The normalized spacial score (nSPS) is 14.0. The predicted octanol–water partition coefficient (Wildman–Crippen LogP) is 2.47. The summed E-state index contributed by atoms with van der Waals surface area (Å²) in [6.45, 7) is 6.41. The Morgan fingerprint density at radius 2 is 1.79 bits per heavy atom. The fourth-order valence-electron chi connectivity index (χ4n) is 2.97. The van der Waals surface area contributed by atoms with Gasteiger partial charge in [0.25, 0.3) is 5.91 Å². The summed E-state index contributed by atoms with van der Waals surface area (Å²) in [4.78, 5) is 37.6. The van der Waals surface area contributed by atoms with Crippen LogP contribution < -0.4 is 4.90 Å². The van der Waals surface area contributed by atoms with Gasteiger partial charge in [0.05, 0.1) is 6.42 Å². The van der Waals surface area contributed by atoms with Crippen molar-refractivity contribution in [3.63, 3.8) is 0 Å². The highest BCUT2D eigenvalue weighted by Crippen LogP contribution is 2.21. The van der Waals surface area contributed by atoms with Crippen molar-refractivity contribution in [1.82, 2.24) is 14.9 Å². The first-order valence-corrected chi connectivity index (χ1v) is 10.7. The molecule has 2 heterocycles. The van der Waals surface area contributed by atoms with E-state index in [4.69, 9.17) is 4.74 Å². The summed E-state index contributed by atoms with van der Waals surface area (Å²) in [6, 6.07) is 8.03. The number of benzene rings is 1. The quantitative estimate of drug-likeness (QED) is 0.509. The lowest BCUT2D eigenvalue weighted by Crippen LogP contribution is -2.50. The first-order chi connectivity index (χ1) is 14.0. The van der Waals surface area contributed by atoms with Gasteiger partial charge in [-0.2, -0.15) is 0 Å². The second kappa shape index (κ2) is 10.2. The molecule has 1 aliphatic heterocycles. The number of rotatable bonds is 7. The van der Waals surface area contributed by atoms with Gasteiger partial charge in [-0.1, -0.05) is 6.07 Å². The van der Waals surface area contributed by atoms with E-state index in [1.165, 1.54) is 11.1 Å². The number of carbonyl (C=O) groups is 2. The lowest BCUT2D eigenvalue weighted by Gasteiger charge is -2.34. The van der Waals surface area contributed by atoms with Crippen LogP contribution in [0, 0.1) is 13.8 Å². The molecule has 0 bridgehead atoms. The third-order valence-electron chi connectivity index (χ3n) is 4.88. The Morgan fingerprint density at radius 1 is 1.07 bits per heavy atom. The third kappa shape index (κ3) is 6.19. The molecule has 154 valence electrons. The van der Waals surface area contributed by atoms with Gasteiger partial charge in [0.15, 0.2) is 6.61 Å². The van der Waals surface area contributed by atoms with Gasteiger partial charge in [0.2, 0.25) is 5.95 Å². The van der Waals surface area contributed by atoms with Gasteiger partial charge in [0, 0.05) is 49.2 Å². The summed E-state index contributed by atoms with van der Waals surface area (Å²) in [7, 11) is 0. The summed E-state index contributed by atoms with van der Waals surface area (Å²) in [5, 5.41) is 0. The molecule has 0 saturated carbocycles. The number of hydrogen-bond acceptors (Lipinski definition) is 7. The predicted molar refractivity (Wildman–Crippen MR) is 113 cm³/mol. The van der Waals surface area contributed by atoms with Crippen molar-refractivity contribution in [3.05, 3.63) is 47.8 Å². The fourth-order valence-corrected chi connectivity index (χ4v) is 3.90. The van der Waals surface area contributed by atoms with Crippen LogP contribution >= 0.6 is 11.8 Å². The molecule has 1 amide bonds. The summed E-state index contributed by atoms with van der Waals surface area (Å²) < 4.78 is 5.17. The Kier molecular flexibility index (Phi) is 7.46. The fraction of sp³-hybridized carbons (Fsp3) is 0.429. The minimum Gasteiger partial charge on any atom is -0.456 e. The average molecular weight is 415 g/mol. The van der Waals surface area contributed by atoms with E-state index in [2.05, 4.69) is 42.0 Å². The van der Waals surface area contributed by atoms with Crippen molar-refractivity contribution in [2.24, 2.45) is 0 Å². The molecule has 1 saturated heterocycles. The molecule has 0 aliphatic carbocycles. The highest BCUT2D eigenvalue weighted by Gasteiger charge is 2.23. The number of aryl methyl sites for hydroxylation is 2. The number of carbonyl (C=O) groups excluding carboxylic acids is 2. The van der Waals surface area contributed by atoms with E-state index < -0.39 is 0 Å². The Hall–Kier alpha value is -2.61. The molecule has 1 fully saturated rings. The van der Waals surface area contributed by atoms with E-state index in [0.717, 1.165) is 4.90 Å². The molecule has 7 nitrogen and oxygen atoms in total. The van der Waals surface area contributed by atoms with Gasteiger partial charge >= 0.3 is 5.97 Å². The molecular formula is C21H26N4O3S. The number of thioether (sulfide) groups is 1. The van der Waals surface area contributed by atoms with Crippen LogP contribution in [0.3, 0.4) is 0 Å². The lowest BCUT2D eigenvalue weighted by atomic mass is 10.1. The van der Waals surface area contributed by atoms with Crippen molar-refractivity contribution in [3.8, 4) is 0 Å². The van der Waals surface area contributed by atoms with E-state index in [0.29, 0.717) is 37.9 Å². The lowest BCUT2D eigenvalue weighted by molar-refractivity contribution is -0.151. The van der Waals surface area contributed by atoms with Crippen molar-refractivity contribution in [2.75, 3.05) is 43.4 Å². The van der Waals surface area contributed by atoms with E-state index in [9.17, 15) is 9.59 Å². The number of piperazine rings is 1. The third-order valence-corrected chi connectivity index (χ3v) is 5.87. The average Bonchev–Trinajstić information content (AvgIpc) is 2.75. The zero-order valence-corrected chi connectivity index (χ0v) is 17.7. The summed E-state index contributed by atoms with van der Waals surface area (Å²) in [5.74, 6) is 0.803. The SMILES string of the molecule is Cc1ccc(SCCC(=O)OCC(=O)N2CCN(c3ncccn3)CC2)cc1C. The Balaban J connectivity index is 1.34. The Morgan fingerprint density at radius 3 is 2.48 bits per heavy atom. The van der Waals surface area contributed by atoms with E-state index in [1.807, 2.05) is 4.90 Å². The molecule has 0 N–H and O–H groups in total. The first kappa shape index (κ1) is 21.1. The molecule has 1 aromatic heterocycles. The van der Waals surface area contributed by atoms with Gasteiger partial charge < -0.3 is 14.5 Å². The largest absolute Gasteiger partial charge is 0.456 e. The number of hydrogen-bond donors (Lipinski definition) is 0. The first-order valence-electron chi connectivity index (χ1n) is 9.68. The van der Waals surface area contributed by atoms with Crippen LogP contribution in [0.5, 0.6) is 0 Å². The molecular weight excluding hydrogens is 388 g/mol. The maximum absolute atomic E-state index is 12.3. The van der Waals surface area contributed by atoms with Gasteiger partial charge in [-0.05, 0) is 43.2 Å². The standard InChI is InChI=1S/C21H26N4O3S/c1-16-4-5-18(14-17(16)2)29-13-6-20(27)28-15-19(26)24-9-11-25(12-10-24)21-22-7-3-8-23-21/h3-5,7-8,14H,6,9-13,15H2,1-2H3. The van der Waals surface area contributed by atoms with Crippen molar-refractivity contribution >= 4 is 29.6 Å². The topological polar surface area (TPSA) is 75.6 Å². The molecule has 0 spiro atoms. The van der Waals surface area contributed by atoms with Gasteiger partial charge in [-0.3, -0.25) is 9.59 Å². The molecule has 29 heavy (non-hydrogen) atoms. The minimum absolute atomic E-state index is 0.159. The summed E-state index contributed by atoms with van der Waals surface area (Å²) in [6.07, 6.45) is 3.69. The number of ether oxygens (including phenoxy) is 1. The Bertz CT molecular complexity index is 839. The molecule has 8 heteroatoms. The molecule has 0 atom stereocenters. The monoisotopic (exact) mass is 414 g/mol. The number of amides is 1. The number of aromatic nitrogens is 2. The van der Waals surface area contributed by atoms with E-state index in [-0.39, 0.29) is 24.9 Å². The zero-order valence-electron chi connectivity index (χ0n) is 16.8. The minimum atomic E-state index is -0.342. The van der Waals surface area contributed by atoms with Crippen LogP contribution in [0.2, 0.25) is 0 Å². The van der Waals surface area contributed by atoms with E-state index in [1.54, 1.807) is 35.1 Å². The number of nitrogens with zero attached hydrogens (tertiary/aromatic N) is 4. The molecule has 1 aromatic carbocycles. The highest BCUT2D eigenvalue weighted by atomic mass is 32.2. The van der Waals surface area contributed by atoms with Crippen molar-refractivity contribution in [2.45, 2.75) is 25.2 Å². The number of anilines is 1. The van der Waals surface area contributed by atoms with Crippen LogP contribution in [0.25, 0.3) is 0 Å². The van der Waals surface area contributed by atoms with Crippen LogP contribution in [0.15, 0.2) is 41.6 Å². The van der Waals surface area contributed by atoms with Crippen LogP contribution in [-0.4, -0.2) is 65.3 Å². The number of esters is 1. The van der Waals surface area contributed by atoms with Crippen LogP contribution in [-0.2, 0) is 14.3 Å². The second-order valence-electron chi connectivity index (χ2n) is 6.92. The van der Waals surface area contributed by atoms with Crippen molar-refractivity contribution < 1.29 is 14.3 Å². The van der Waals surface area contributed by atoms with Gasteiger partial charge in [-0.15, -0.1) is 11.8 Å². The molecule has 2 aromatic rings. The molecule has 0 unspecified atom stereocenters. The van der Waals surface area contributed by atoms with Gasteiger partial charge in [-0.25, -0.2) is 9.97 Å². The summed E-state index contributed by atoms with van der Waals surface area (Å²) >= 11 is 1.62. The Labute approximate surface area is 175 Å². The molecule has 3 rings (SSSR count). The molecule has 1 aliphatic rings. The maximum atomic E-state index is 12.3. The van der Waals surface area contributed by atoms with E-state index >= 15 is 0 Å². The van der Waals surface area contributed by atoms with Crippen molar-refractivity contribution in [1.29, 1.82) is 0 Å². The second-order valence-corrected chi connectivity index (χ2v) is 8.09. The smallest absolute Gasteiger partial charge is 0.307 e. The summed E-state index contributed by atoms with van der Waals surface area (Å²) in [5.41, 5.74) is 2.49. The highest BCUT2D eigenvalue weighted by molar-refractivity contribution is 7.99. The zero-order chi connectivity index (χ0) is 20.6. The molecule has 0 radical (unpaired) electrons. The van der Waals surface area contributed by atoms with Gasteiger partial charge in [0.1, 0.15) is 0 Å². The van der Waals surface area contributed by atoms with Crippen LogP contribution in [0.4, 0.5) is 5.95 Å². The van der Waals surface area contributed by atoms with Crippen LogP contribution in [0.1, 0.15) is 17.5 Å². The maximum Gasteiger partial charge on any atom is 0.307 e.